The first-order chi connectivity index (χ1) is 5.15. The van der Waals surface area contributed by atoms with E-state index in [1.54, 1.807) is 0 Å². The van der Waals surface area contributed by atoms with Gasteiger partial charge in [0.05, 0.1) is 0 Å². The molecule has 0 aliphatic rings. The van der Waals surface area contributed by atoms with Gasteiger partial charge in [0.2, 0.25) is 5.95 Å². The van der Waals surface area contributed by atoms with Crippen LogP contribution in [0.3, 0.4) is 0 Å². The molecule has 11 heavy (non-hydrogen) atoms. The van der Waals surface area contributed by atoms with E-state index in [1.165, 1.54) is 0 Å². The number of nitrogen functional groups attached to an aromatic ring is 3. The Bertz CT molecular complexity index is 269. The summed E-state index contributed by atoms with van der Waals surface area (Å²) in [5.74, 6) is 0.0161. The molecule has 0 amide bonds. The molecule has 1 rings (SSSR count). The normalized spacial score (nSPS) is 9.45. The fraction of sp³-hybridized carbons (Fsp3) is 0. The van der Waals surface area contributed by atoms with Crippen LogP contribution in [-0.4, -0.2) is 9.97 Å². The maximum Gasteiger partial charge on any atom is 0.224 e. The monoisotopic (exact) mass is 153 g/mol. The van der Waals surface area contributed by atoms with Crippen molar-refractivity contribution in [3.8, 4) is 0 Å². The van der Waals surface area contributed by atoms with Crippen LogP contribution < -0.4 is 17.2 Å². The lowest BCUT2D eigenvalue weighted by Gasteiger charge is -2.00. The van der Waals surface area contributed by atoms with E-state index in [-0.39, 0.29) is 23.3 Å². The molecule has 7 nitrogen and oxygen atoms in total. The van der Waals surface area contributed by atoms with Crippen LogP contribution in [0.2, 0.25) is 0 Å². The number of nitrogens with zero attached hydrogens (tertiary/aromatic N) is 3. The van der Waals surface area contributed by atoms with Crippen LogP contribution in [0.15, 0.2) is 5.11 Å². The third-order valence-electron chi connectivity index (χ3n) is 1.07. The predicted octanol–water partition coefficient (Wildman–Crippen LogP) is -0.114. The molecule has 1 heterocycles. The number of nitrogens with two attached hydrogens (primary N) is 3. The number of rotatable bonds is 1. The molecule has 0 saturated heterocycles. The first-order valence-corrected chi connectivity index (χ1v) is 2.71. The smallest absolute Gasteiger partial charge is 0.224 e. The van der Waals surface area contributed by atoms with Gasteiger partial charge in [-0.25, -0.2) is 5.53 Å². The van der Waals surface area contributed by atoms with Gasteiger partial charge in [-0.05, 0) is 0 Å². The molecule has 58 valence electrons. The minimum absolute atomic E-state index is 0.0185. The van der Waals surface area contributed by atoms with Gasteiger partial charge in [-0.2, -0.15) is 15.1 Å². The van der Waals surface area contributed by atoms with Crippen LogP contribution in [-0.2, 0) is 0 Å². The number of aromatic nitrogens is 2. The highest BCUT2D eigenvalue weighted by molar-refractivity contribution is 5.70. The molecular formula is C4H7N7. The number of hydrogen-bond donors (Lipinski definition) is 4. The van der Waals surface area contributed by atoms with E-state index in [0.717, 1.165) is 0 Å². The summed E-state index contributed by atoms with van der Waals surface area (Å²) >= 11 is 0. The van der Waals surface area contributed by atoms with E-state index < -0.39 is 0 Å². The minimum atomic E-state index is -0.0209. The average molecular weight is 153 g/mol. The summed E-state index contributed by atoms with van der Waals surface area (Å²) in [4.78, 5) is 7.11. The fourth-order valence-corrected chi connectivity index (χ4v) is 0.623. The van der Waals surface area contributed by atoms with Gasteiger partial charge in [0.15, 0.2) is 17.3 Å². The zero-order valence-electron chi connectivity index (χ0n) is 5.57. The van der Waals surface area contributed by atoms with Crippen LogP contribution in [0.5, 0.6) is 0 Å². The summed E-state index contributed by atoms with van der Waals surface area (Å²) in [6.07, 6.45) is 0. The van der Waals surface area contributed by atoms with Crippen molar-refractivity contribution in [2.45, 2.75) is 0 Å². The Labute approximate surface area is 62.1 Å². The van der Waals surface area contributed by atoms with Gasteiger partial charge in [0, 0.05) is 0 Å². The Morgan fingerprint density at radius 1 is 1.09 bits per heavy atom. The Kier molecular flexibility index (Phi) is 1.55. The summed E-state index contributed by atoms with van der Waals surface area (Å²) in [5, 5.41) is 3.03. The average Bonchev–Trinajstić information content (AvgIpc) is 1.85. The van der Waals surface area contributed by atoms with Gasteiger partial charge in [0.1, 0.15) is 0 Å². The van der Waals surface area contributed by atoms with Crippen molar-refractivity contribution in [1.29, 1.82) is 5.53 Å². The molecule has 7 N–H and O–H groups in total. The van der Waals surface area contributed by atoms with Gasteiger partial charge in [0.25, 0.3) is 0 Å². The minimum Gasteiger partial charge on any atom is -0.382 e. The molecular weight excluding hydrogens is 146 g/mol. The van der Waals surface area contributed by atoms with Crippen molar-refractivity contribution in [3.63, 3.8) is 0 Å². The second-order valence-electron chi connectivity index (χ2n) is 1.81. The van der Waals surface area contributed by atoms with Crippen molar-refractivity contribution in [2.75, 3.05) is 17.2 Å². The molecule has 0 atom stereocenters. The van der Waals surface area contributed by atoms with E-state index in [2.05, 4.69) is 15.1 Å². The van der Waals surface area contributed by atoms with Crippen LogP contribution >= 0.6 is 0 Å². The maximum absolute atomic E-state index is 6.64. The summed E-state index contributed by atoms with van der Waals surface area (Å²) in [6, 6.07) is 0. The maximum atomic E-state index is 6.64. The third-order valence-corrected chi connectivity index (χ3v) is 1.07. The number of hydrogen-bond acceptors (Lipinski definition) is 7. The molecule has 7 heteroatoms. The van der Waals surface area contributed by atoms with Crippen LogP contribution in [0.25, 0.3) is 0 Å². The lowest BCUT2D eigenvalue weighted by atomic mass is 10.4. The molecule has 0 fully saturated rings. The Morgan fingerprint density at radius 3 is 1.91 bits per heavy atom. The molecule has 0 radical (unpaired) electrons. The lowest BCUT2D eigenvalue weighted by Crippen LogP contribution is -2.03. The van der Waals surface area contributed by atoms with Gasteiger partial charge < -0.3 is 17.2 Å². The van der Waals surface area contributed by atoms with E-state index in [0.29, 0.717) is 0 Å². The second kappa shape index (κ2) is 2.37. The largest absolute Gasteiger partial charge is 0.382 e. The first-order valence-electron chi connectivity index (χ1n) is 2.71. The quantitative estimate of drug-likeness (QED) is 0.416. The first kappa shape index (κ1) is 7.19. The van der Waals surface area contributed by atoms with E-state index in [4.69, 9.17) is 22.7 Å². The second-order valence-corrected chi connectivity index (χ2v) is 1.81. The molecule has 0 unspecified atom stereocenters. The van der Waals surface area contributed by atoms with Crippen molar-refractivity contribution in [1.82, 2.24) is 9.97 Å². The highest BCUT2D eigenvalue weighted by atomic mass is 15.1. The summed E-state index contributed by atoms with van der Waals surface area (Å²) in [6.45, 7) is 0. The zero-order chi connectivity index (χ0) is 8.43. The van der Waals surface area contributed by atoms with Crippen LogP contribution in [0, 0.1) is 5.53 Å². The van der Waals surface area contributed by atoms with Gasteiger partial charge >= 0.3 is 0 Å². The van der Waals surface area contributed by atoms with Crippen molar-refractivity contribution in [2.24, 2.45) is 5.11 Å². The number of nitrogens with one attached hydrogen (secondary N) is 1. The SMILES string of the molecule is N=Nc1c(N)nc(N)nc1N. The molecule has 1 aromatic rings. The Balaban J connectivity index is 3.36. The van der Waals surface area contributed by atoms with Crippen LogP contribution in [0.4, 0.5) is 23.3 Å². The third kappa shape index (κ3) is 1.16. The van der Waals surface area contributed by atoms with E-state index >= 15 is 0 Å². The lowest BCUT2D eigenvalue weighted by molar-refractivity contribution is 1.11. The van der Waals surface area contributed by atoms with E-state index in [9.17, 15) is 0 Å². The predicted molar refractivity (Wildman–Crippen MR) is 40.1 cm³/mol. The number of anilines is 3. The molecule has 0 aromatic carbocycles. The van der Waals surface area contributed by atoms with Gasteiger partial charge in [-0.1, -0.05) is 0 Å². The topological polar surface area (TPSA) is 140 Å². The van der Waals surface area contributed by atoms with Crippen LogP contribution in [0.1, 0.15) is 0 Å². The molecule has 0 bridgehead atoms. The van der Waals surface area contributed by atoms with E-state index in [1.807, 2.05) is 0 Å². The molecule has 0 spiro atoms. The standard InChI is InChI=1S/C4H7N7/c5-2-1(11-8)3(6)10-4(7)9-2/h8H,(H6,5,6,7,9,10). The highest BCUT2D eigenvalue weighted by Gasteiger charge is 2.06. The Hall–Kier alpha value is -1.92. The molecule has 1 aromatic heterocycles. The zero-order valence-corrected chi connectivity index (χ0v) is 5.57. The van der Waals surface area contributed by atoms with Crippen molar-refractivity contribution < 1.29 is 0 Å². The summed E-state index contributed by atoms with van der Waals surface area (Å²) in [7, 11) is 0. The van der Waals surface area contributed by atoms with Crippen molar-refractivity contribution >= 4 is 23.3 Å². The summed E-state index contributed by atoms with van der Waals surface area (Å²) < 4.78 is 0. The van der Waals surface area contributed by atoms with Crippen molar-refractivity contribution in [3.05, 3.63) is 0 Å². The van der Waals surface area contributed by atoms with Gasteiger partial charge in [-0.3, -0.25) is 0 Å². The molecule has 0 aliphatic carbocycles. The fourth-order valence-electron chi connectivity index (χ4n) is 0.623. The molecule has 0 saturated carbocycles. The molecule has 0 aliphatic heterocycles. The highest BCUT2D eigenvalue weighted by Crippen LogP contribution is 2.25. The van der Waals surface area contributed by atoms with Gasteiger partial charge in [-0.15, -0.1) is 0 Å². The Morgan fingerprint density at radius 2 is 1.55 bits per heavy atom. The summed E-state index contributed by atoms with van der Waals surface area (Å²) in [5.41, 5.74) is 22.5.